The van der Waals surface area contributed by atoms with E-state index in [4.69, 9.17) is 4.98 Å². The van der Waals surface area contributed by atoms with Gasteiger partial charge in [-0.2, -0.15) is 0 Å². The highest BCUT2D eigenvalue weighted by atomic mass is 32.1. The van der Waals surface area contributed by atoms with Gasteiger partial charge in [-0.05, 0) is 31.1 Å². The van der Waals surface area contributed by atoms with Crippen LogP contribution in [0.4, 0.5) is 5.13 Å². The minimum Gasteiger partial charge on any atom is -0.351 e. The zero-order chi connectivity index (χ0) is 14.3. The molecule has 112 valence electrons. The van der Waals surface area contributed by atoms with E-state index in [2.05, 4.69) is 38.0 Å². The van der Waals surface area contributed by atoms with Gasteiger partial charge < -0.3 is 10.2 Å². The molecule has 0 atom stereocenters. The van der Waals surface area contributed by atoms with E-state index in [1.165, 1.54) is 41.4 Å². The first-order chi connectivity index (χ1) is 9.42. The lowest BCUT2D eigenvalue weighted by Crippen LogP contribution is -2.28. The van der Waals surface area contributed by atoms with Crippen LogP contribution < -0.4 is 10.2 Å². The summed E-state index contributed by atoms with van der Waals surface area (Å²) in [5.74, 6) is 0.749. The molecule has 0 aromatic carbocycles. The second-order valence-electron chi connectivity index (χ2n) is 7.65. The fraction of sp³-hybridized carbons (Fsp3) is 0.812. The van der Waals surface area contributed by atoms with Crippen molar-refractivity contribution in [3.05, 3.63) is 10.6 Å². The molecule has 0 saturated heterocycles. The topological polar surface area (TPSA) is 28.2 Å². The summed E-state index contributed by atoms with van der Waals surface area (Å²) in [6.45, 7) is 8.94. The van der Waals surface area contributed by atoms with Crippen molar-refractivity contribution >= 4 is 16.5 Å². The van der Waals surface area contributed by atoms with Crippen LogP contribution in [0.2, 0.25) is 0 Å². The van der Waals surface area contributed by atoms with E-state index in [1.807, 2.05) is 11.3 Å². The van der Waals surface area contributed by atoms with E-state index in [9.17, 15) is 0 Å². The molecule has 0 aliphatic heterocycles. The second kappa shape index (κ2) is 5.30. The number of thiazole rings is 1. The molecular formula is C16H27N3S. The fourth-order valence-corrected chi connectivity index (χ4v) is 3.68. The third-order valence-electron chi connectivity index (χ3n) is 3.85. The number of nitrogens with zero attached hydrogens (tertiary/aromatic N) is 2. The van der Waals surface area contributed by atoms with Gasteiger partial charge in [0, 0.05) is 37.0 Å². The normalized spacial score (nSPS) is 19.4. The molecule has 3 rings (SSSR count). The monoisotopic (exact) mass is 293 g/mol. The van der Waals surface area contributed by atoms with Crippen molar-refractivity contribution in [1.29, 1.82) is 0 Å². The Morgan fingerprint density at radius 1 is 1.25 bits per heavy atom. The highest BCUT2D eigenvalue weighted by Gasteiger charge is 2.31. The molecule has 2 fully saturated rings. The zero-order valence-electron chi connectivity index (χ0n) is 13.2. The smallest absolute Gasteiger partial charge is 0.185 e. The maximum atomic E-state index is 4.96. The molecule has 2 saturated carbocycles. The Morgan fingerprint density at radius 2 is 1.95 bits per heavy atom. The molecule has 0 radical (unpaired) electrons. The third-order valence-corrected chi connectivity index (χ3v) is 5.03. The number of rotatable bonds is 6. The zero-order valence-corrected chi connectivity index (χ0v) is 14.0. The van der Waals surface area contributed by atoms with Crippen LogP contribution in [0.3, 0.4) is 0 Å². The molecule has 20 heavy (non-hydrogen) atoms. The number of hydrogen-bond acceptors (Lipinski definition) is 4. The lowest BCUT2D eigenvalue weighted by atomic mass is 9.96. The van der Waals surface area contributed by atoms with Gasteiger partial charge in [0.05, 0.1) is 5.69 Å². The highest BCUT2D eigenvalue weighted by molar-refractivity contribution is 7.15. The Bertz CT molecular complexity index is 467. The number of hydrogen-bond donors (Lipinski definition) is 1. The summed E-state index contributed by atoms with van der Waals surface area (Å²) in [5, 5.41) is 4.85. The van der Waals surface area contributed by atoms with Crippen molar-refractivity contribution in [2.45, 2.75) is 65.0 Å². The first-order valence-corrected chi connectivity index (χ1v) is 8.68. The number of nitrogens with one attached hydrogen (secondary N) is 1. The van der Waals surface area contributed by atoms with E-state index in [-0.39, 0.29) is 0 Å². The molecule has 0 amide bonds. The first-order valence-electron chi connectivity index (χ1n) is 7.86. The molecule has 3 nitrogen and oxygen atoms in total. The minimum atomic E-state index is 0.312. The van der Waals surface area contributed by atoms with Crippen molar-refractivity contribution in [1.82, 2.24) is 10.3 Å². The van der Waals surface area contributed by atoms with Crippen LogP contribution in [-0.4, -0.2) is 24.6 Å². The predicted molar refractivity (Wildman–Crippen MR) is 86.7 cm³/mol. The molecule has 0 bridgehead atoms. The molecular weight excluding hydrogens is 266 g/mol. The van der Waals surface area contributed by atoms with Gasteiger partial charge in [-0.25, -0.2) is 4.98 Å². The van der Waals surface area contributed by atoms with Crippen LogP contribution >= 0.6 is 11.3 Å². The molecule has 1 N–H and O–H groups in total. The largest absolute Gasteiger partial charge is 0.351 e. The van der Waals surface area contributed by atoms with Gasteiger partial charge in [0.25, 0.3) is 0 Å². The van der Waals surface area contributed by atoms with Crippen LogP contribution in [0.25, 0.3) is 0 Å². The lowest BCUT2D eigenvalue weighted by Gasteiger charge is -2.26. The Hall–Kier alpha value is -0.610. The lowest BCUT2D eigenvalue weighted by molar-refractivity contribution is 0.418. The van der Waals surface area contributed by atoms with E-state index in [1.54, 1.807) is 0 Å². The van der Waals surface area contributed by atoms with Crippen molar-refractivity contribution in [2.75, 3.05) is 18.5 Å². The average molecular weight is 293 g/mol. The van der Waals surface area contributed by atoms with Gasteiger partial charge in [-0.1, -0.05) is 20.8 Å². The van der Waals surface area contributed by atoms with E-state index in [0.717, 1.165) is 25.0 Å². The first kappa shape index (κ1) is 14.3. The van der Waals surface area contributed by atoms with Gasteiger partial charge >= 0.3 is 0 Å². The Kier molecular flexibility index (Phi) is 3.80. The van der Waals surface area contributed by atoms with Crippen LogP contribution in [0, 0.1) is 5.41 Å². The van der Waals surface area contributed by atoms with Crippen molar-refractivity contribution in [2.24, 2.45) is 5.41 Å². The van der Waals surface area contributed by atoms with Crippen LogP contribution in [0.15, 0.2) is 0 Å². The molecule has 4 heteroatoms. The highest BCUT2D eigenvalue weighted by Crippen LogP contribution is 2.44. The molecule has 1 aromatic heterocycles. The summed E-state index contributed by atoms with van der Waals surface area (Å²) in [7, 11) is 2.18. The quantitative estimate of drug-likeness (QED) is 0.865. The van der Waals surface area contributed by atoms with Crippen molar-refractivity contribution in [3.8, 4) is 0 Å². The Balaban J connectivity index is 1.71. The second-order valence-corrected chi connectivity index (χ2v) is 8.71. The summed E-state index contributed by atoms with van der Waals surface area (Å²) < 4.78 is 0. The maximum Gasteiger partial charge on any atom is 0.185 e. The van der Waals surface area contributed by atoms with Crippen LogP contribution in [0.1, 0.15) is 62.9 Å². The van der Waals surface area contributed by atoms with Gasteiger partial charge in [-0.15, -0.1) is 11.3 Å². The summed E-state index contributed by atoms with van der Waals surface area (Å²) >= 11 is 1.90. The van der Waals surface area contributed by atoms with Gasteiger partial charge in [0.15, 0.2) is 5.13 Å². The van der Waals surface area contributed by atoms with Gasteiger partial charge in [0.2, 0.25) is 0 Å². The SMILES string of the molecule is CN(CC(C)(C)C)c1nc(C2CC2)c(CNC2CC2)s1. The fourth-order valence-electron chi connectivity index (χ4n) is 2.62. The van der Waals surface area contributed by atoms with E-state index in [0.29, 0.717) is 5.41 Å². The average Bonchev–Trinajstić information content (AvgIpc) is 3.23. The molecule has 1 aromatic rings. The molecule has 2 aliphatic carbocycles. The van der Waals surface area contributed by atoms with Crippen molar-refractivity contribution < 1.29 is 0 Å². The Labute approximate surface area is 126 Å². The Morgan fingerprint density at radius 3 is 2.50 bits per heavy atom. The molecule has 0 spiro atoms. The molecule has 1 heterocycles. The third kappa shape index (κ3) is 3.73. The van der Waals surface area contributed by atoms with E-state index >= 15 is 0 Å². The number of anilines is 1. The summed E-state index contributed by atoms with van der Waals surface area (Å²) in [6.07, 6.45) is 5.38. The van der Waals surface area contributed by atoms with Crippen molar-refractivity contribution in [3.63, 3.8) is 0 Å². The van der Waals surface area contributed by atoms with Crippen LogP contribution in [0.5, 0.6) is 0 Å². The van der Waals surface area contributed by atoms with Gasteiger partial charge in [0.1, 0.15) is 0 Å². The summed E-state index contributed by atoms with van der Waals surface area (Å²) in [5.41, 5.74) is 1.70. The molecule has 2 aliphatic rings. The standard InChI is InChI=1S/C16H27N3S/c1-16(2,3)10-19(4)15-18-14(11-5-6-11)13(20-15)9-17-12-7-8-12/h11-12,17H,5-10H2,1-4H3. The van der Waals surface area contributed by atoms with Gasteiger partial charge in [-0.3, -0.25) is 0 Å². The number of aromatic nitrogens is 1. The van der Waals surface area contributed by atoms with E-state index < -0.39 is 0 Å². The summed E-state index contributed by atoms with van der Waals surface area (Å²) in [4.78, 5) is 8.77. The molecule has 0 unspecified atom stereocenters. The maximum absolute atomic E-state index is 4.96. The predicted octanol–water partition coefficient (Wildman–Crippen LogP) is 3.75. The minimum absolute atomic E-state index is 0.312. The summed E-state index contributed by atoms with van der Waals surface area (Å²) in [6, 6.07) is 0.778. The van der Waals surface area contributed by atoms with Crippen LogP contribution in [-0.2, 0) is 6.54 Å².